The number of hydrogen-bond acceptors (Lipinski definition) is 6. The molecule has 2 fully saturated rings. The van der Waals surface area contributed by atoms with Gasteiger partial charge in [-0.3, -0.25) is 24.0 Å². The van der Waals surface area contributed by atoms with Crippen molar-refractivity contribution in [2.24, 2.45) is 17.8 Å². The van der Waals surface area contributed by atoms with E-state index >= 15 is 0 Å². The molecule has 9 nitrogen and oxygen atoms in total. The Morgan fingerprint density at radius 2 is 1.69 bits per heavy atom. The van der Waals surface area contributed by atoms with Crippen molar-refractivity contribution >= 4 is 40.2 Å². The van der Waals surface area contributed by atoms with Crippen molar-refractivity contribution in [1.29, 1.82) is 0 Å². The minimum absolute atomic E-state index is 0.0320. The third-order valence-corrected chi connectivity index (χ3v) is 8.29. The largest absolute Gasteiger partial charge is 0.356 e. The van der Waals surface area contributed by atoms with Crippen LogP contribution in [0.4, 0.5) is 0 Å². The van der Waals surface area contributed by atoms with Crippen LogP contribution in [-0.4, -0.2) is 52.4 Å². The van der Waals surface area contributed by atoms with Crippen molar-refractivity contribution in [3.8, 4) is 0 Å². The fraction of sp³-hybridized carbons (Fsp3) is 0.576. The summed E-state index contributed by atoms with van der Waals surface area (Å²) in [6.45, 7) is 5.88. The summed E-state index contributed by atoms with van der Waals surface area (Å²) >= 11 is 0. The van der Waals surface area contributed by atoms with Gasteiger partial charge < -0.3 is 16.0 Å². The lowest BCUT2D eigenvalue weighted by Gasteiger charge is -2.29. The Labute approximate surface area is 248 Å². The van der Waals surface area contributed by atoms with Gasteiger partial charge in [0.2, 0.25) is 17.6 Å². The summed E-state index contributed by atoms with van der Waals surface area (Å²) in [6.07, 6.45) is 7.15. The molecule has 1 aliphatic carbocycles. The third kappa shape index (κ3) is 8.69. The highest BCUT2D eigenvalue weighted by atomic mass is 16.2. The van der Waals surface area contributed by atoms with Crippen molar-refractivity contribution in [1.82, 2.24) is 20.9 Å². The Bertz CT molecular complexity index is 1310. The molecule has 0 spiro atoms. The molecule has 3 N–H and O–H groups in total. The number of Topliss-reactive ketones (excluding diaryl/α,β-unsaturated/α-hetero) is 2. The zero-order valence-electron chi connectivity index (χ0n) is 25.0. The van der Waals surface area contributed by atoms with Crippen molar-refractivity contribution in [3.63, 3.8) is 0 Å². The number of nitrogens with one attached hydrogen (secondary N) is 3. The minimum Gasteiger partial charge on any atom is -0.356 e. The molecule has 1 aliphatic heterocycles. The van der Waals surface area contributed by atoms with Gasteiger partial charge in [0.25, 0.3) is 5.91 Å². The second-order valence-electron chi connectivity index (χ2n) is 12.9. The average molecular weight is 577 g/mol. The van der Waals surface area contributed by atoms with E-state index in [2.05, 4.69) is 20.9 Å². The van der Waals surface area contributed by atoms with Gasteiger partial charge in [-0.2, -0.15) is 0 Å². The van der Waals surface area contributed by atoms with Crippen molar-refractivity contribution < 1.29 is 24.0 Å². The molecule has 0 bridgehead atoms. The molecular formula is C33H44N4O5. The molecule has 9 heteroatoms. The van der Waals surface area contributed by atoms with Crippen LogP contribution in [0.5, 0.6) is 0 Å². The summed E-state index contributed by atoms with van der Waals surface area (Å²) in [5, 5.41) is 9.25. The lowest BCUT2D eigenvalue weighted by molar-refractivity contribution is -0.142. The maximum Gasteiger partial charge on any atom is 0.290 e. The lowest BCUT2D eigenvalue weighted by atomic mass is 9.80. The Kier molecular flexibility index (Phi) is 10.5. The molecular weight excluding hydrogens is 532 g/mol. The van der Waals surface area contributed by atoms with Gasteiger partial charge in [-0.1, -0.05) is 56.4 Å². The van der Waals surface area contributed by atoms with Gasteiger partial charge in [0.05, 0.1) is 11.6 Å². The normalized spacial score (nSPS) is 19.4. The standard InChI is InChI=1S/C33H44N4O5/c1-33(2,3)37-32(42)29(39)27(19-23-13-9-17-34-30(23)40)36-31(41)24(18-21-10-5-4-6-11-21)20-28(38)26-16-15-22-12-7-8-14-25(22)35-26/h7-8,12,14-16,21,23-24,27H,4-6,9-11,13,17-20H2,1-3H3,(H,34,40)(H,36,41)(H,37,42)/t23-,24+,27-/m0/s1. The molecule has 2 aromatic rings. The summed E-state index contributed by atoms with van der Waals surface area (Å²) in [4.78, 5) is 70.7. The number of benzene rings is 1. The molecule has 3 atom stereocenters. The van der Waals surface area contributed by atoms with E-state index in [0.29, 0.717) is 36.5 Å². The summed E-state index contributed by atoms with van der Waals surface area (Å²) in [6, 6.07) is 9.91. The molecule has 1 aromatic carbocycles. The second kappa shape index (κ2) is 14.0. The van der Waals surface area contributed by atoms with E-state index in [0.717, 1.165) is 43.9 Å². The van der Waals surface area contributed by atoms with Crippen LogP contribution in [-0.2, 0) is 19.2 Å². The highest BCUT2D eigenvalue weighted by Crippen LogP contribution is 2.31. The zero-order valence-corrected chi connectivity index (χ0v) is 25.0. The lowest BCUT2D eigenvalue weighted by Crippen LogP contribution is -2.54. The van der Waals surface area contributed by atoms with Crippen LogP contribution in [0.15, 0.2) is 36.4 Å². The molecule has 2 heterocycles. The fourth-order valence-corrected chi connectivity index (χ4v) is 6.08. The number of amides is 3. The second-order valence-corrected chi connectivity index (χ2v) is 12.9. The molecule has 4 rings (SSSR count). The topological polar surface area (TPSA) is 134 Å². The van der Waals surface area contributed by atoms with Gasteiger partial charge in [-0.25, -0.2) is 4.98 Å². The number of piperidine rings is 1. The Hall–Kier alpha value is -3.62. The quantitative estimate of drug-likeness (QED) is 0.270. The van der Waals surface area contributed by atoms with Crippen LogP contribution < -0.4 is 16.0 Å². The van der Waals surface area contributed by atoms with Crippen LogP contribution in [0.3, 0.4) is 0 Å². The monoisotopic (exact) mass is 576 g/mol. The number of rotatable bonds is 11. The van der Waals surface area contributed by atoms with Crippen LogP contribution in [0.2, 0.25) is 0 Å². The Balaban J connectivity index is 1.55. The number of hydrogen-bond donors (Lipinski definition) is 3. The third-order valence-electron chi connectivity index (χ3n) is 8.29. The molecule has 2 aliphatic rings. The van der Waals surface area contributed by atoms with E-state index < -0.39 is 41.0 Å². The van der Waals surface area contributed by atoms with Crippen molar-refractivity contribution in [2.45, 2.75) is 96.6 Å². The molecule has 226 valence electrons. The highest BCUT2D eigenvalue weighted by Gasteiger charge is 2.36. The van der Waals surface area contributed by atoms with E-state index in [4.69, 9.17) is 0 Å². The molecule has 1 saturated carbocycles. The predicted molar refractivity (Wildman–Crippen MR) is 161 cm³/mol. The van der Waals surface area contributed by atoms with Gasteiger partial charge in [0.15, 0.2) is 5.78 Å². The highest BCUT2D eigenvalue weighted by molar-refractivity contribution is 6.38. The summed E-state index contributed by atoms with van der Waals surface area (Å²) < 4.78 is 0. The van der Waals surface area contributed by atoms with Gasteiger partial charge in [-0.05, 0) is 64.5 Å². The zero-order chi connectivity index (χ0) is 30.3. The van der Waals surface area contributed by atoms with E-state index in [9.17, 15) is 24.0 Å². The maximum atomic E-state index is 13.9. The molecule has 42 heavy (non-hydrogen) atoms. The Morgan fingerprint density at radius 3 is 2.40 bits per heavy atom. The van der Waals surface area contributed by atoms with Gasteiger partial charge in [0, 0.05) is 35.7 Å². The maximum absolute atomic E-state index is 13.9. The van der Waals surface area contributed by atoms with Crippen LogP contribution in [0.25, 0.3) is 10.9 Å². The summed E-state index contributed by atoms with van der Waals surface area (Å²) in [7, 11) is 0. The Morgan fingerprint density at radius 1 is 0.952 bits per heavy atom. The van der Waals surface area contributed by atoms with Gasteiger partial charge >= 0.3 is 0 Å². The molecule has 1 aromatic heterocycles. The SMILES string of the molecule is CC(C)(C)NC(=O)C(=O)[C@H](C[C@@H]1CCCNC1=O)NC(=O)[C@@H](CC(=O)c1ccc2ccccc2n1)CC1CCCCC1. The first kappa shape index (κ1) is 31.3. The van der Waals surface area contributed by atoms with Gasteiger partial charge in [-0.15, -0.1) is 0 Å². The number of nitrogens with zero attached hydrogens (tertiary/aromatic N) is 1. The van der Waals surface area contributed by atoms with Crippen LogP contribution in [0, 0.1) is 17.8 Å². The number of fused-ring (bicyclic) bond motifs is 1. The summed E-state index contributed by atoms with van der Waals surface area (Å²) in [5.41, 5.74) is 0.357. The molecule has 0 unspecified atom stereocenters. The molecule has 0 radical (unpaired) electrons. The number of pyridine rings is 1. The van der Waals surface area contributed by atoms with Gasteiger partial charge in [0.1, 0.15) is 5.69 Å². The van der Waals surface area contributed by atoms with E-state index in [1.54, 1.807) is 26.8 Å². The fourth-order valence-electron chi connectivity index (χ4n) is 6.08. The van der Waals surface area contributed by atoms with E-state index in [1.807, 2.05) is 30.3 Å². The molecule has 3 amide bonds. The first-order chi connectivity index (χ1) is 20.0. The number of para-hydroxylation sites is 1. The smallest absolute Gasteiger partial charge is 0.290 e. The number of carbonyl (C=O) groups excluding carboxylic acids is 5. The summed E-state index contributed by atoms with van der Waals surface area (Å²) in [5.74, 6) is -3.31. The van der Waals surface area contributed by atoms with E-state index in [1.165, 1.54) is 0 Å². The average Bonchev–Trinajstić information content (AvgIpc) is 2.96. The van der Waals surface area contributed by atoms with Crippen molar-refractivity contribution in [2.75, 3.05) is 6.54 Å². The number of carbonyl (C=O) groups is 5. The number of ketones is 2. The first-order valence-electron chi connectivity index (χ1n) is 15.3. The number of aromatic nitrogens is 1. The van der Waals surface area contributed by atoms with Crippen molar-refractivity contribution in [3.05, 3.63) is 42.1 Å². The van der Waals surface area contributed by atoms with E-state index in [-0.39, 0.29) is 24.5 Å². The minimum atomic E-state index is -1.17. The molecule has 1 saturated heterocycles. The predicted octanol–water partition coefficient (Wildman–Crippen LogP) is 4.28. The first-order valence-corrected chi connectivity index (χ1v) is 15.3. The van der Waals surface area contributed by atoms with Crippen LogP contribution >= 0.6 is 0 Å². The van der Waals surface area contributed by atoms with Crippen LogP contribution in [0.1, 0.15) is 95.5 Å².